The van der Waals surface area contributed by atoms with E-state index < -0.39 is 18.0 Å². The number of thioether (sulfide) groups is 1. The van der Waals surface area contributed by atoms with Crippen molar-refractivity contribution >= 4 is 29.3 Å². The third-order valence-corrected chi connectivity index (χ3v) is 4.53. The summed E-state index contributed by atoms with van der Waals surface area (Å²) in [4.78, 5) is 24.3. The maximum atomic E-state index is 12.2. The molecule has 2 aromatic rings. The summed E-state index contributed by atoms with van der Waals surface area (Å²) in [6, 6.07) is 14.3. The minimum atomic E-state index is -0.883. The van der Waals surface area contributed by atoms with E-state index in [1.165, 1.54) is 0 Å². The van der Waals surface area contributed by atoms with E-state index in [1.54, 1.807) is 49.9 Å². The van der Waals surface area contributed by atoms with Gasteiger partial charge < -0.3 is 15.2 Å². The van der Waals surface area contributed by atoms with Crippen molar-refractivity contribution in [1.82, 2.24) is 0 Å². The first-order valence-corrected chi connectivity index (χ1v) is 9.07. The van der Waals surface area contributed by atoms with Crippen LogP contribution in [0.25, 0.3) is 0 Å². The SMILES string of the molecule is CSc1ccc(OC(C)C(=O)Nc2ccc(C(C)C(=O)O)cc2)cc1. The number of nitrogens with one attached hydrogen (secondary N) is 1. The summed E-state index contributed by atoms with van der Waals surface area (Å²) < 4.78 is 5.64. The highest BCUT2D eigenvalue weighted by Crippen LogP contribution is 2.21. The second-order valence-corrected chi connectivity index (χ2v) is 6.49. The van der Waals surface area contributed by atoms with Crippen LogP contribution in [0.5, 0.6) is 5.75 Å². The Morgan fingerprint density at radius 1 is 1.04 bits per heavy atom. The number of benzene rings is 2. The number of aliphatic carboxylic acids is 1. The van der Waals surface area contributed by atoms with Gasteiger partial charge in [0.05, 0.1) is 5.92 Å². The van der Waals surface area contributed by atoms with Crippen molar-refractivity contribution < 1.29 is 19.4 Å². The molecule has 0 radical (unpaired) electrons. The van der Waals surface area contributed by atoms with Crippen molar-refractivity contribution in [3.63, 3.8) is 0 Å². The molecule has 25 heavy (non-hydrogen) atoms. The van der Waals surface area contributed by atoms with Crippen molar-refractivity contribution in [3.05, 3.63) is 54.1 Å². The molecular weight excluding hydrogens is 338 g/mol. The standard InChI is InChI=1S/C19H21NO4S/c1-12(19(22)23)14-4-6-15(7-5-14)20-18(21)13(2)24-16-8-10-17(25-3)11-9-16/h4-13H,1-3H3,(H,20,21)(H,22,23). The molecule has 5 nitrogen and oxygen atoms in total. The van der Waals surface area contributed by atoms with Crippen LogP contribution in [0.4, 0.5) is 5.69 Å². The molecule has 0 heterocycles. The van der Waals surface area contributed by atoms with Gasteiger partial charge in [0.2, 0.25) is 0 Å². The van der Waals surface area contributed by atoms with Crippen LogP contribution in [0.3, 0.4) is 0 Å². The van der Waals surface area contributed by atoms with Crippen LogP contribution in [-0.2, 0) is 9.59 Å². The fourth-order valence-electron chi connectivity index (χ4n) is 2.15. The smallest absolute Gasteiger partial charge is 0.310 e. The number of rotatable bonds is 7. The van der Waals surface area contributed by atoms with Crippen molar-refractivity contribution in [2.45, 2.75) is 30.8 Å². The molecule has 6 heteroatoms. The minimum Gasteiger partial charge on any atom is -0.481 e. The lowest BCUT2D eigenvalue weighted by Crippen LogP contribution is -2.30. The van der Waals surface area contributed by atoms with Gasteiger partial charge in [-0.25, -0.2) is 0 Å². The monoisotopic (exact) mass is 359 g/mol. The van der Waals surface area contributed by atoms with Crippen LogP contribution in [0.2, 0.25) is 0 Å². The molecule has 2 aromatic carbocycles. The molecule has 132 valence electrons. The molecule has 0 aliphatic rings. The summed E-state index contributed by atoms with van der Waals surface area (Å²) in [7, 11) is 0. The lowest BCUT2D eigenvalue weighted by atomic mass is 10.0. The number of anilines is 1. The van der Waals surface area contributed by atoms with Crippen LogP contribution in [0.1, 0.15) is 25.3 Å². The van der Waals surface area contributed by atoms with E-state index >= 15 is 0 Å². The second-order valence-electron chi connectivity index (χ2n) is 5.61. The van der Waals surface area contributed by atoms with Gasteiger partial charge in [-0.1, -0.05) is 12.1 Å². The van der Waals surface area contributed by atoms with Gasteiger partial charge in [-0.2, -0.15) is 0 Å². The van der Waals surface area contributed by atoms with Gasteiger partial charge in [0.25, 0.3) is 5.91 Å². The molecule has 0 aliphatic heterocycles. The van der Waals surface area contributed by atoms with E-state index in [9.17, 15) is 9.59 Å². The van der Waals surface area contributed by atoms with Gasteiger partial charge in [-0.05, 0) is 62.1 Å². The first-order valence-electron chi connectivity index (χ1n) is 7.85. The maximum absolute atomic E-state index is 12.2. The lowest BCUT2D eigenvalue weighted by molar-refractivity contribution is -0.138. The molecule has 0 fully saturated rings. The Bertz CT molecular complexity index is 728. The van der Waals surface area contributed by atoms with Crippen LogP contribution in [0.15, 0.2) is 53.4 Å². The molecule has 2 atom stereocenters. The minimum absolute atomic E-state index is 0.270. The van der Waals surface area contributed by atoms with Crippen LogP contribution in [0, 0.1) is 0 Å². The van der Waals surface area contributed by atoms with E-state index in [2.05, 4.69) is 5.32 Å². The second kappa shape index (κ2) is 8.58. The molecule has 0 saturated carbocycles. The van der Waals surface area contributed by atoms with Crippen molar-refractivity contribution in [1.29, 1.82) is 0 Å². The topological polar surface area (TPSA) is 75.6 Å². The predicted octanol–water partition coefficient (Wildman–Crippen LogP) is 4.00. The summed E-state index contributed by atoms with van der Waals surface area (Å²) in [6.07, 6.45) is 1.34. The zero-order valence-electron chi connectivity index (χ0n) is 14.4. The molecule has 2 unspecified atom stereocenters. The van der Waals surface area contributed by atoms with E-state index in [1.807, 2.05) is 30.5 Å². The lowest BCUT2D eigenvalue weighted by Gasteiger charge is -2.15. The fraction of sp³-hybridized carbons (Fsp3) is 0.263. The highest BCUT2D eigenvalue weighted by Gasteiger charge is 2.16. The van der Waals surface area contributed by atoms with E-state index in [0.717, 1.165) is 4.90 Å². The number of carboxylic acids is 1. The molecular formula is C19H21NO4S. The Labute approximate surface area is 151 Å². The first kappa shape index (κ1) is 18.9. The van der Waals surface area contributed by atoms with Gasteiger partial charge in [0.15, 0.2) is 6.10 Å². The highest BCUT2D eigenvalue weighted by molar-refractivity contribution is 7.98. The number of amides is 1. The first-order chi connectivity index (χ1) is 11.9. The van der Waals surface area contributed by atoms with E-state index in [4.69, 9.17) is 9.84 Å². The number of carboxylic acid groups (broad SMARTS) is 1. The number of ether oxygens (including phenoxy) is 1. The average Bonchev–Trinajstić information content (AvgIpc) is 2.62. The third kappa shape index (κ3) is 5.26. The number of carbonyl (C=O) groups is 2. The number of hydrogen-bond acceptors (Lipinski definition) is 4. The Balaban J connectivity index is 1.94. The van der Waals surface area contributed by atoms with E-state index in [-0.39, 0.29) is 5.91 Å². The van der Waals surface area contributed by atoms with Gasteiger partial charge in [-0.3, -0.25) is 9.59 Å². The molecule has 0 spiro atoms. The molecule has 0 saturated heterocycles. The normalized spacial score (nSPS) is 12.9. The van der Waals surface area contributed by atoms with E-state index in [0.29, 0.717) is 17.0 Å². The molecule has 1 amide bonds. The van der Waals surface area contributed by atoms with Crippen molar-refractivity contribution in [2.24, 2.45) is 0 Å². The summed E-state index contributed by atoms with van der Waals surface area (Å²) >= 11 is 1.64. The van der Waals surface area contributed by atoms with Gasteiger partial charge in [0.1, 0.15) is 5.75 Å². The fourth-order valence-corrected chi connectivity index (χ4v) is 2.56. The highest BCUT2D eigenvalue weighted by atomic mass is 32.2. The molecule has 0 aromatic heterocycles. The molecule has 2 rings (SSSR count). The summed E-state index contributed by atoms with van der Waals surface area (Å²) in [6.45, 7) is 3.30. The number of carbonyl (C=O) groups excluding carboxylic acids is 1. The van der Waals surface area contributed by atoms with Crippen LogP contribution in [-0.4, -0.2) is 29.3 Å². The molecule has 0 aliphatic carbocycles. The molecule has 2 N–H and O–H groups in total. The zero-order chi connectivity index (χ0) is 18.4. The van der Waals surface area contributed by atoms with Gasteiger partial charge in [-0.15, -0.1) is 11.8 Å². The summed E-state index contributed by atoms with van der Waals surface area (Å²) in [5, 5.41) is 11.8. The number of hydrogen-bond donors (Lipinski definition) is 2. The summed E-state index contributed by atoms with van der Waals surface area (Å²) in [5.41, 5.74) is 1.28. The molecule has 0 bridgehead atoms. The van der Waals surface area contributed by atoms with Gasteiger partial charge in [0, 0.05) is 10.6 Å². The van der Waals surface area contributed by atoms with Crippen molar-refractivity contribution in [2.75, 3.05) is 11.6 Å². The largest absolute Gasteiger partial charge is 0.481 e. The summed E-state index contributed by atoms with van der Waals surface area (Å²) in [5.74, 6) is -1.11. The van der Waals surface area contributed by atoms with Crippen LogP contribution < -0.4 is 10.1 Å². The zero-order valence-corrected chi connectivity index (χ0v) is 15.2. The van der Waals surface area contributed by atoms with Crippen molar-refractivity contribution in [3.8, 4) is 5.75 Å². The third-order valence-electron chi connectivity index (χ3n) is 3.79. The average molecular weight is 359 g/mol. The maximum Gasteiger partial charge on any atom is 0.310 e. The Morgan fingerprint density at radius 3 is 2.16 bits per heavy atom. The quantitative estimate of drug-likeness (QED) is 0.731. The Kier molecular flexibility index (Phi) is 6.47. The van der Waals surface area contributed by atoms with Gasteiger partial charge >= 0.3 is 5.97 Å². The Hall–Kier alpha value is -2.47. The van der Waals surface area contributed by atoms with Crippen LogP contribution >= 0.6 is 11.8 Å². The Morgan fingerprint density at radius 2 is 1.64 bits per heavy atom. The predicted molar refractivity (Wildman–Crippen MR) is 99.4 cm³/mol.